The number of imidazole rings is 1. The first-order chi connectivity index (χ1) is 17.6. The molecule has 0 unspecified atom stereocenters. The summed E-state index contributed by atoms with van der Waals surface area (Å²) in [5, 5.41) is 12.2. The molecule has 0 bridgehead atoms. The van der Waals surface area contributed by atoms with E-state index in [0.29, 0.717) is 35.3 Å². The second-order valence-electron chi connectivity index (χ2n) is 8.10. The van der Waals surface area contributed by atoms with Gasteiger partial charge in [-0.05, 0) is 68.2 Å². The van der Waals surface area contributed by atoms with E-state index in [1.165, 1.54) is 0 Å². The van der Waals surface area contributed by atoms with Crippen molar-refractivity contribution in [2.75, 3.05) is 14.2 Å². The summed E-state index contributed by atoms with van der Waals surface area (Å²) in [6, 6.07) is 25.9. The van der Waals surface area contributed by atoms with Gasteiger partial charge >= 0.3 is 0 Å². The Morgan fingerprint density at radius 1 is 1.03 bits per heavy atom. The summed E-state index contributed by atoms with van der Waals surface area (Å²) in [5.41, 5.74) is 3.79. The molecule has 5 rings (SSSR count). The number of aromatic amines is 1. The zero-order valence-corrected chi connectivity index (χ0v) is 21.3. The highest BCUT2D eigenvalue weighted by Gasteiger charge is 2.14. The highest BCUT2D eigenvalue weighted by atomic mass is 79.9. The number of methoxy groups -OCH3 is 2. The third kappa shape index (κ3) is 4.64. The maximum atomic E-state index is 9.84. The van der Waals surface area contributed by atoms with Gasteiger partial charge in [-0.3, -0.25) is 0 Å². The van der Waals surface area contributed by atoms with Gasteiger partial charge in [0.2, 0.25) is 0 Å². The average molecular weight is 540 g/mol. The molecule has 0 aliphatic heterocycles. The third-order valence-electron chi connectivity index (χ3n) is 5.88. The third-order valence-corrected chi connectivity index (χ3v) is 6.47. The monoisotopic (exact) mass is 539 g/mol. The number of allylic oxidation sites excluding steroid dienone is 1. The molecule has 0 saturated carbocycles. The average Bonchev–Trinajstić information content (AvgIpc) is 3.34. The zero-order valence-electron chi connectivity index (χ0n) is 19.7. The number of H-pyrrole nitrogens is 1. The van der Waals surface area contributed by atoms with E-state index in [1.54, 1.807) is 20.3 Å². The van der Waals surface area contributed by atoms with Crippen LogP contribution in [0.25, 0.3) is 33.5 Å². The Morgan fingerprint density at radius 3 is 2.67 bits per heavy atom. The molecular weight excluding hydrogens is 518 g/mol. The maximum Gasteiger partial charge on any atom is 0.175 e. The Bertz CT molecular complexity index is 1640. The normalized spacial score (nSPS) is 11.4. The highest BCUT2D eigenvalue weighted by Crippen LogP contribution is 2.38. The number of nitrogens with zero attached hydrogens (tertiary/aromatic N) is 2. The molecule has 0 saturated heterocycles. The van der Waals surface area contributed by atoms with Crippen LogP contribution in [-0.2, 0) is 6.61 Å². The summed E-state index contributed by atoms with van der Waals surface area (Å²) < 4.78 is 17.8. The molecule has 6 nitrogen and oxygen atoms in total. The molecule has 1 aromatic heterocycles. The number of aromatic nitrogens is 2. The van der Waals surface area contributed by atoms with Crippen molar-refractivity contribution in [2.45, 2.75) is 6.61 Å². The van der Waals surface area contributed by atoms with Gasteiger partial charge in [0.25, 0.3) is 0 Å². The Labute approximate surface area is 216 Å². The van der Waals surface area contributed by atoms with Crippen molar-refractivity contribution in [1.82, 2.24) is 9.97 Å². The molecule has 36 heavy (non-hydrogen) atoms. The first kappa shape index (κ1) is 23.5. The van der Waals surface area contributed by atoms with E-state index < -0.39 is 0 Å². The molecule has 0 aliphatic carbocycles. The molecule has 5 aromatic rings. The number of hydrogen-bond donors (Lipinski definition) is 1. The predicted octanol–water partition coefficient (Wildman–Crippen LogP) is 7.14. The number of hydrogen-bond acceptors (Lipinski definition) is 5. The second-order valence-corrected chi connectivity index (χ2v) is 8.95. The highest BCUT2D eigenvalue weighted by molar-refractivity contribution is 9.10. The minimum absolute atomic E-state index is 0.386. The van der Waals surface area contributed by atoms with E-state index in [0.717, 1.165) is 37.4 Å². The Kier molecular flexibility index (Phi) is 6.61. The summed E-state index contributed by atoms with van der Waals surface area (Å²) >= 11 is 3.62. The molecule has 0 atom stereocenters. The largest absolute Gasteiger partial charge is 0.497 e. The summed E-state index contributed by atoms with van der Waals surface area (Å²) in [4.78, 5) is 7.76. The number of rotatable bonds is 7. The van der Waals surface area contributed by atoms with Crippen LogP contribution in [0.5, 0.6) is 17.2 Å². The number of nitrogens with one attached hydrogen (secondary N) is 1. The van der Waals surface area contributed by atoms with E-state index in [2.05, 4.69) is 56.2 Å². The van der Waals surface area contributed by atoms with Crippen LogP contribution >= 0.6 is 15.9 Å². The smallest absolute Gasteiger partial charge is 0.175 e. The first-order valence-electron chi connectivity index (χ1n) is 11.2. The van der Waals surface area contributed by atoms with Gasteiger partial charge < -0.3 is 19.2 Å². The topological polar surface area (TPSA) is 80.2 Å². The summed E-state index contributed by atoms with van der Waals surface area (Å²) in [6.07, 6.45) is 1.76. The van der Waals surface area contributed by atoms with Crippen molar-refractivity contribution in [3.8, 4) is 23.3 Å². The number of fused-ring (bicyclic) bond motifs is 2. The lowest BCUT2D eigenvalue weighted by atomic mass is 10.1. The van der Waals surface area contributed by atoms with Crippen LogP contribution in [0.3, 0.4) is 0 Å². The van der Waals surface area contributed by atoms with Crippen molar-refractivity contribution in [3.63, 3.8) is 0 Å². The van der Waals surface area contributed by atoms with E-state index in [-0.39, 0.29) is 0 Å². The van der Waals surface area contributed by atoms with Crippen LogP contribution < -0.4 is 14.2 Å². The molecule has 0 fully saturated rings. The standard InChI is InChI=1S/C29H22BrN3O3/c1-34-22-10-11-25-26(15-22)33-29(32-25)21(16-31)12-18-13-24(30)28(27(14-18)35-2)36-17-20-8-5-7-19-6-3-4-9-23(19)20/h3-15H,17H2,1-2H3,(H,32,33)/b21-12+. The lowest BCUT2D eigenvalue weighted by Gasteiger charge is -2.15. The predicted molar refractivity (Wildman–Crippen MR) is 145 cm³/mol. The quantitative estimate of drug-likeness (QED) is 0.222. The van der Waals surface area contributed by atoms with Crippen LogP contribution in [-0.4, -0.2) is 24.2 Å². The van der Waals surface area contributed by atoms with Gasteiger partial charge in [0.15, 0.2) is 11.5 Å². The summed E-state index contributed by atoms with van der Waals surface area (Å²) in [6.45, 7) is 0.386. The van der Waals surface area contributed by atoms with Crippen LogP contribution in [0, 0.1) is 11.3 Å². The van der Waals surface area contributed by atoms with Gasteiger partial charge in [0.1, 0.15) is 24.3 Å². The molecule has 4 aromatic carbocycles. The van der Waals surface area contributed by atoms with Gasteiger partial charge in [0.05, 0.1) is 35.3 Å². The Balaban J connectivity index is 1.45. The van der Waals surface area contributed by atoms with E-state index in [1.807, 2.05) is 48.5 Å². The van der Waals surface area contributed by atoms with Gasteiger partial charge in [-0.1, -0.05) is 42.5 Å². The summed E-state index contributed by atoms with van der Waals surface area (Å²) in [5.74, 6) is 2.35. The minimum atomic E-state index is 0.386. The van der Waals surface area contributed by atoms with Crippen LogP contribution in [0.1, 0.15) is 17.0 Å². The molecule has 1 heterocycles. The van der Waals surface area contributed by atoms with Crippen molar-refractivity contribution < 1.29 is 14.2 Å². The Morgan fingerprint density at radius 2 is 1.86 bits per heavy atom. The number of benzene rings is 4. The molecule has 0 amide bonds. The SMILES string of the molecule is COc1ccc2nc(/C(C#N)=C/c3cc(Br)c(OCc4cccc5ccccc45)c(OC)c3)[nH]c2c1. The number of ether oxygens (including phenoxy) is 3. The van der Waals surface area contributed by atoms with Gasteiger partial charge in [-0.2, -0.15) is 5.26 Å². The zero-order chi connectivity index (χ0) is 25.1. The van der Waals surface area contributed by atoms with Crippen LogP contribution in [0.15, 0.2) is 77.3 Å². The molecule has 0 radical (unpaired) electrons. The molecule has 0 aliphatic rings. The fraction of sp³-hybridized carbons (Fsp3) is 0.103. The van der Waals surface area contributed by atoms with Crippen LogP contribution in [0.4, 0.5) is 0 Å². The van der Waals surface area contributed by atoms with Gasteiger partial charge in [0, 0.05) is 6.07 Å². The van der Waals surface area contributed by atoms with Crippen molar-refractivity contribution in [2.24, 2.45) is 0 Å². The van der Waals surface area contributed by atoms with E-state index in [9.17, 15) is 5.26 Å². The van der Waals surface area contributed by atoms with Crippen molar-refractivity contribution in [3.05, 3.63) is 94.2 Å². The van der Waals surface area contributed by atoms with E-state index >= 15 is 0 Å². The lowest BCUT2D eigenvalue weighted by molar-refractivity contribution is 0.283. The number of nitriles is 1. The molecule has 0 spiro atoms. The second kappa shape index (κ2) is 10.1. The van der Waals surface area contributed by atoms with E-state index in [4.69, 9.17) is 14.2 Å². The maximum absolute atomic E-state index is 9.84. The lowest BCUT2D eigenvalue weighted by Crippen LogP contribution is -2.00. The number of halogens is 1. The first-order valence-corrected chi connectivity index (χ1v) is 12.0. The van der Waals surface area contributed by atoms with Gasteiger partial charge in [-0.25, -0.2) is 4.98 Å². The minimum Gasteiger partial charge on any atom is -0.497 e. The fourth-order valence-electron chi connectivity index (χ4n) is 4.09. The van der Waals surface area contributed by atoms with Crippen molar-refractivity contribution in [1.29, 1.82) is 5.26 Å². The van der Waals surface area contributed by atoms with Crippen molar-refractivity contribution >= 4 is 49.4 Å². The Hall–Kier alpha value is -4.28. The molecule has 7 heteroatoms. The summed E-state index contributed by atoms with van der Waals surface area (Å²) in [7, 11) is 3.21. The van der Waals surface area contributed by atoms with Gasteiger partial charge in [-0.15, -0.1) is 0 Å². The fourth-order valence-corrected chi connectivity index (χ4v) is 4.67. The molecular formula is C29H22BrN3O3. The molecule has 1 N–H and O–H groups in total. The van der Waals surface area contributed by atoms with Crippen LogP contribution in [0.2, 0.25) is 0 Å². The molecule has 178 valence electrons.